The Morgan fingerprint density at radius 1 is 1.23 bits per heavy atom. The molecule has 0 atom stereocenters. The van der Waals surface area contributed by atoms with Crippen molar-refractivity contribution in [3.63, 3.8) is 0 Å². The average Bonchev–Trinajstić information content (AvgIpc) is 3.07. The smallest absolute Gasteiger partial charge is 0.237 e. The number of hydrogen-bond acceptors (Lipinski definition) is 4. The molecule has 3 rings (SSSR count). The molecular weight excluding hydrogens is 352 g/mol. The Balaban J connectivity index is 1.62. The Bertz CT molecular complexity index is 912. The van der Waals surface area contributed by atoms with Crippen LogP contribution in [0.4, 0.5) is 11.4 Å². The second-order valence-corrected chi connectivity index (χ2v) is 7.87. The van der Waals surface area contributed by atoms with Crippen molar-refractivity contribution in [1.29, 1.82) is 0 Å². The van der Waals surface area contributed by atoms with Crippen LogP contribution in [-0.4, -0.2) is 40.3 Å². The molecule has 0 aliphatic carbocycles. The van der Waals surface area contributed by atoms with E-state index in [0.717, 1.165) is 17.7 Å². The van der Waals surface area contributed by atoms with E-state index in [0.29, 0.717) is 18.0 Å². The fourth-order valence-corrected chi connectivity index (χ4v) is 4.30. The van der Waals surface area contributed by atoms with E-state index in [-0.39, 0.29) is 18.3 Å². The topological polar surface area (TPSA) is 97.0 Å². The number of ether oxygens (including phenoxy) is 1. The van der Waals surface area contributed by atoms with E-state index in [1.54, 1.807) is 19.2 Å². The third-order valence-electron chi connectivity index (χ3n) is 4.18. The molecule has 8 heteroatoms. The van der Waals surface area contributed by atoms with Crippen LogP contribution in [0.2, 0.25) is 0 Å². The fourth-order valence-electron chi connectivity index (χ4n) is 2.91. The van der Waals surface area contributed by atoms with Crippen molar-refractivity contribution in [2.45, 2.75) is 6.42 Å². The quantitative estimate of drug-likeness (QED) is 0.594. The van der Waals surface area contributed by atoms with E-state index < -0.39 is 10.0 Å². The minimum Gasteiger partial charge on any atom is -0.495 e. The molecule has 0 spiro atoms. The first kappa shape index (κ1) is 18.1. The first-order valence-electron chi connectivity index (χ1n) is 8.29. The predicted octanol–water partition coefficient (Wildman–Crippen LogP) is 1.81. The number of hydrogen-bond donors (Lipinski definition) is 2. The highest BCUT2D eigenvalue weighted by Gasteiger charge is 2.28. The zero-order valence-corrected chi connectivity index (χ0v) is 15.4. The van der Waals surface area contributed by atoms with Crippen LogP contribution in [-0.2, 0) is 16.4 Å². The molecule has 26 heavy (non-hydrogen) atoms. The zero-order valence-electron chi connectivity index (χ0n) is 14.6. The van der Waals surface area contributed by atoms with Crippen molar-refractivity contribution < 1.29 is 13.2 Å². The van der Waals surface area contributed by atoms with Crippen LogP contribution in [0, 0.1) is 0 Å². The highest BCUT2D eigenvalue weighted by Crippen LogP contribution is 2.30. The summed E-state index contributed by atoms with van der Waals surface area (Å²) >= 11 is 0. The van der Waals surface area contributed by atoms with Crippen molar-refractivity contribution in [2.24, 2.45) is 10.7 Å². The van der Waals surface area contributed by atoms with Crippen molar-refractivity contribution in [3.05, 3.63) is 54.1 Å². The van der Waals surface area contributed by atoms with Gasteiger partial charge in [-0.2, -0.15) is 0 Å². The van der Waals surface area contributed by atoms with Gasteiger partial charge in [0.1, 0.15) is 5.75 Å². The van der Waals surface area contributed by atoms with Gasteiger partial charge in [-0.1, -0.05) is 30.3 Å². The number of nitrogens with zero attached hydrogens (tertiary/aromatic N) is 2. The van der Waals surface area contributed by atoms with Crippen LogP contribution < -0.4 is 20.1 Å². The summed E-state index contributed by atoms with van der Waals surface area (Å²) < 4.78 is 31.9. The van der Waals surface area contributed by atoms with Gasteiger partial charge in [0.2, 0.25) is 10.0 Å². The van der Waals surface area contributed by atoms with E-state index in [1.807, 2.05) is 36.4 Å². The Morgan fingerprint density at radius 2 is 1.96 bits per heavy atom. The molecule has 0 bridgehead atoms. The minimum atomic E-state index is -3.44. The van der Waals surface area contributed by atoms with Crippen molar-refractivity contribution in [2.75, 3.05) is 35.6 Å². The summed E-state index contributed by atoms with van der Waals surface area (Å²) in [4.78, 5) is 4.13. The van der Waals surface area contributed by atoms with E-state index in [9.17, 15) is 8.42 Å². The minimum absolute atomic E-state index is 0.0784. The first-order chi connectivity index (χ1) is 12.5. The lowest BCUT2D eigenvalue weighted by atomic mass is 10.2. The molecule has 1 aliphatic heterocycles. The molecular formula is C18H22N4O3S. The molecule has 0 radical (unpaired) electrons. The van der Waals surface area contributed by atoms with Gasteiger partial charge in [-0.05, 0) is 30.2 Å². The number of aliphatic imine (C=N–C) groups is 1. The summed E-state index contributed by atoms with van der Waals surface area (Å²) in [6, 6.07) is 14.8. The van der Waals surface area contributed by atoms with Gasteiger partial charge in [0.15, 0.2) is 5.96 Å². The molecule has 1 aliphatic rings. The van der Waals surface area contributed by atoms with E-state index in [4.69, 9.17) is 10.5 Å². The lowest BCUT2D eigenvalue weighted by Gasteiger charge is -2.19. The average molecular weight is 374 g/mol. The van der Waals surface area contributed by atoms with Crippen LogP contribution >= 0.6 is 0 Å². The molecule has 2 aromatic rings. The summed E-state index contributed by atoms with van der Waals surface area (Å²) in [5.74, 6) is 0.675. The molecule has 0 aromatic heterocycles. The van der Waals surface area contributed by atoms with Gasteiger partial charge in [0, 0.05) is 6.54 Å². The lowest BCUT2D eigenvalue weighted by molar-refractivity contribution is 0.417. The monoisotopic (exact) mass is 374 g/mol. The van der Waals surface area contributed by atoms with Crippen LogP contribution in [0.25, 0.3) is 0 Å². The third kappa shape index (κ3) is 3.91. The molecule has 2 aromatic carbocycles. The summed E-state index contributed by atoms with van der Waals surface area (Å²) in [6.45, 7) is 0.551. The molecule has 3 N–H and O–H groups in total. The van der Waals surface area contributed by atoms with Crippen LogP contribution in [0.1, 0.15) is 5.56 Å². The Labute approximate surface area is 153 Å². The molecule has 0 saturated carbocycles. The number of rotatable bonds is 6. The number of benzene rings is 2. The molecule has 0 fully saturated rings. The van der Waals surface area contributed by atoms with E-state index in [1.165, 1.54) is 4.31 Å². The maximum Gasteiger partial charge on any atom is 0.237 e. The normalized spacial score (nSPS) is 14.2. The van der Waals surface area contributed by atoms with Crippen molar-refractivity contribution in [1.82, 2.24) is 0 Å². The van der Waals surface area contributed by atoms with Gasteiger partial charge < -0.3 is 15.8 Å². The van der Waals surface area contributed by atoms with Crippen molar-refractivity contribution in [3.8, 4) is 5.75 Å². The molecule has 0 saturated heterocycles. The number of nitrogens with two attached hydrogens (primary N) is 1. The van der Waals surface area contributed by atoms with Crippen LogP contribution in [0.15, 0.2) is 53.5 Å². The predicted molar refractivity (Wildman–Crippen MR) is 104 cm³/mol. The molecule has 1 heterocycles. The van der Waals surface area contributed by atoms with Gasteiger partial charge in [0.25, 0.3) is 0 Å². The number of para-hydroxylation sites is 3. The first-order valence-corrected chi connectivity index (χ1v) is 9.90. The maximum absolute atomic E-state index is 12.6. The lowest BCUT2D eigenvalue weighted by Crippen LogP contribution is -2.33. The van der Waals surface area contributed by atoms with Gasteiger partial charge in [-0.15, -0.1) is 0 Å². The molecule has 7 nitrogen and oxygen atoms in total. The van der Waals surface area contributed by atoms with Gasteiger partial charge in [0.05, 0.1) is 30.8 Å². The maximum atomic E-state index is 12.6. The number of methoxy groups -OCH3 is 1. The van der Waals surface area contributed by atoms with Crippen LogP contribution in [0.5, 0.6) is 5.75 Å². The number of guanidine groups is 1. The highest BCUT2D eigenvalue weighted by molar-refractivity contribution is 7.92. The molecule has 0 amide bonds. The number of sulfonamides is 1. The SMILES string of the molecule is COc1ccccc1NC(N)=NCCS(=O)(=O)N1CCc2ccccc21. The van der Waals surface area contributed by atoms with Crippen LogP contribution in [0.3, 0.4) is 0 Å². The summed E-state index contributed by atoms with van der Waals surface area (Å²) in [5, 5.41) is 2.93. The summed E-state index contributed by atoms with van der Waals surface area (Å²) in [6.07, 6.45) is 0.732. The Hall–Kier alpha value is -2.74. The van der Waals surface area contributed by atoms with Gasteiger partial charge >= 0.3 is 0 Å². The standard InChI is InChI=1S/C18H22N4O3S/c1-25-17-9-5-3-7-15(17)21-18(19)20-11-13-26(23,24)22-12-10-14-6-2-4-8-16(14)22/h2-9H,10-13H2,1H3,(H3,19,20,21). The Kier molecular flexibility index (Phi) is 5.32. The second kappa shape index (κ2) is 7.65. The number of anilines is 2. The summed E-state index contributed by atoms with van der Waals surface area (Å²) in [5.41, 5.74) is 8.35. The van der Waals surface area contributed by atoms with E-state index in [2.05, 4.69) is 10.3 Å². The molecule has 138 valence electrons. The third-order valence-corrected chi connectivity index (χ3v) is 5.93. The highest BCUT2D eigenvalue weighted by atomic mass is 32.2. The number of nitrogens with one attached hydrogen (secondary N) is 1. The largest absolute Gasteiger partial charge is 0.495 e. The zero-order chi connectivity index (χ0) is 18.6. The second-order valence-electron chi connectivity index (χ2n) is 5.86. The van der Waals surface area contributed by atoms with Crippen molar-refractivity contribution >= 4 is 27.4 Å². The van der Waals surface area contributed by atoms with Gasteiger partial charge in [-0.3, -0.25) is 9.30 Å². The molecule has 0 unspecified atom stereocenters. The number of fused-ring (bicyclic) bond motifs is 1. The van der Waals surface area contributed by atoms with Gasteiger partial charge in [-0.25, -0.2) is 8.42 Å². The van der Waals surface area contributed by atoms with E-state index >= 15 is 0 Å². The fraction of sp³-hybridized carbons (Fsp3) is 0.278. The Morgan fingerprint density at radius 3 is 2.77 bits per heavy atom. The summed E-state index contributed by atoms with van der Waals surface area (Å²) in [7, 11) is -1.87.